The van der Waals surface area contributed by atoms with Gasteiger partial charge in [0, 0.05) is 21.3 Å². The molecule has 62 valence electrons. The molecule has 1 heterocycles. The third-order valence-electron chi connectivity index (χ3n) is 1.70. The van der Waals surface area contributed by atoms with E-state index >= 15 is 0 Å². The summed E-state index contributed by atoms with van der Waals surface area (Å²) in [5, 5.41) is 2.06. The highest BCUT2D eigenvalue weighted by atomic mass is 32.1. The van der Waals surface area contributed by atoms with Gasteiger partial charge in [-0.25, -0.2) is 4.39 Å². The van der Waals surface area contributed by atoms with Crippen molar-refractivity contribution < 1.29 is 4.39 Å². The van der Waals surface area contributed by atoms with Crippen LogP contribution in [0.4, 0.5) is 10.1 Å². The Hall–Kier alpha value is -0.740. The van der Waals surface area contributed by atoms with Crippen LogP contribution in [0.5, 0.6) is 0 Å². The van der Waals surface area contributed by atoms with Gasteiger partial charge >= 0.3 is 0 Å². The summed E-state index contributed by atoms with van der Waals surface area (Å²) < 4.78 is 13.8. The molecule has 4 heteroatoms. The zero-order chi connectivity index (χ0) is 8.72. The molecule has 0 unspecified atom stereocenters. The number of nitrogens with two attached hydrogens (primary N) is 1. The second-order valence-corrected chi connectivity index (χ2v) is 3.79. The minimum atomic E-state index is -0.203. The summed E-state index contributed by atoms with van der Waals surface area (Å²) in [5.74, 6) is -0.203. The number of benzene rings is 1. The zero-order valence-corrected chi connectivity index (χ0v) is 7.75. The lowest BCUT2D eigenvalue weighted by Crippen LogP contribution is -1.85. The molecule has 0 radical (unpaired) electrons. The summed E-state index contributed by atoms with van der Waals surface area (Å²) >= 11 is 5.52. The second kappa shape index (κ2) is 2.64. The van der Waals surface area contributed by atoms with Gasteiger partial charge in [0.15, 0.2) is 0 Å². The smallest absolute Gasteiger partial charge is 0.141 e. The lowest BCUT2D eigenvalue weighted by molar-refractivity contribution is 0.644. The highest BCUT2D eigenvalue weighted by Crippen LogP contribution is 2.33. The van der Waals surface area contributed by atoms with Crippen molar-refractivity contribution in [2.75, 3.05) is 5.73 Å². The third-order valence-corrected chi connectivity index (χ3v) is 3.32. The van der Waals surface area contributed by atoms with Crippen molar-refractivity contribution in [2.45, 2.75) is 4.90 Å². The molecule has 12 heavy (non-hydrogen) atoms. The van der Waals surface area contributed by atoms with Crippen LogP contribution in [0, 0.1) is 5.82 Å². The number of hydrogen-bond donors (Lipinski definition) is 2. The van der Waals surface area contributed by atoms with Gasteiger partial charge in [0.1, 0.15) is 5.82 Å². The fraction of sp³-hybridized carbons (Fsp3) is 0. The normalized spacial score (nSPS) is 10.8. The van der Waals surface area contributed by atoms with Crippen LogP contribution in [0.2, 0.25) is 0 Å². The maximum absolute atomic E-state index is 13.0. The highest BCUT2D eigenvalue weighted by Gasteiger charge is 2.07. The van der Waals surface area contributed by atoms with Crippen LogP contribution in [0.3, 0.4) is 0 Å². The lowest BCUT2D eigenvalue weighted by Gasteiger charge is -1.98. The van der Waals surface area contributed by atoms with E-state index in [1.54, 1.807) is 12.1 Å². The van der Waals surface area contributed by atoms with E-state index in [0.29, 0.717) is 16.0 Å². The molecule has 2 rings (SSSR count). The van der Waals surface area contributed by atoms with Gasteiger partial charge in [-0.2, -0.15) is 0 Å². The fourth-order valence-electron chi connectivity index (χ4n) is 1.07. The molecule has 0 spiro atoms. The van der Waals surface area contributed by atoms with E-state index in [9.17, 15) is 4.39 Å². The van der Waals surface area contributed by atoms with Crippen molar-refractivity contribution in [1.29, 1.82) is 0 Å². The summed E-state index contributed by atoms with van der Waals surface area (Å²) in [6, 6.07) is 3.34. The quantitative estimate of drug-likeness (QED) is 0.495. The van der Waals surface area contributed by atoms with Crippen molar-refractivity contribution in [1.82, 2.24) is 0 Å². The van der Waals surface area contributed by atoms with Crippen LogP contribution in [0.25, 0.3) is 10.1 Å². The van der Waals surface area contributed by atoms with Crippen molar-refractivity contribution in [2.24, 2.45) is 0 Å². The van der Waals surface area contributed by atoms with Crippen molar-refractivity contribution in [3.8, 4) is 0 Å². The molecular formula is C8H6FNS2. The molecule has 0 atom stereocenters. The Morgan fingerprint density at radius 2 is 2.17 bits per heavy atom. The van der Waals surface area contributed by atoms with Crippen LogP contribution in [-0.4, -0.2) is 0 Å². The predicted molar refractivity (Wildman–Crippen MR) is 53.4 cm³/mol. The highest BCUT2D eigenvalue weighted by molar-refractivity contribution is 7.81. The molecule has 2 aromatic rings. The Morgan fingerprint density at radius 3 is 2.92 bits per heavy atom. The van der Waals surface area contributed by atoms with Gasteiger partial charge in [-0.05, 0) is 12.1 Å². The fourth-order valence-corrected chi connectivity index (χ4v) is 2.29. The Balaban J connectivity index is 2.93. The molecule has 1 nitrogen and oxygen atoms in total. The van der Waals surface area contributed by atoms with E-state index in [-0.39, 0.29) is 5.82 Å². The van der Waals surface area contributed by atoms with E-state index in [0.717, 1.165) is 4.70 Å². The van der Waals surface area contributed by atoms with E-state index < -0.39 is 0 Å². The number of anilines is 1. The van der Waals surface area contributed by atoms with Gasteiger partial charge in [-0.15, -0.1) is 24.0 Å². The van der Waals surface area contributed by atoms with E-state index in [1.807, 2.05) is 0 Å². The van der Waals surface area contributed by atoms with Gasteiger partial charge in [-0.1, -0.05) is 0 Å². The van der Waals surface area contributed by atoms with E-state index in [4.69, 9.17) is 5.73 Å². The van der Waals surface area contributed by atoms with Crippen molar-refractivity contribution >= 4 is 39.7 Å². The molecule has 0 amide bonds. The molecule has 0 bridgehead atoms. The summed E-state index contributed by atoms with van der Waals surface area (Å²) in [4.78, 5) is 0.668. The first-order valence-electron chi connectivity index (χ1n) is 3.34. The largest absolute Gasteiger partial charge is 0.398 e. The number of nitrogen functional groups attached to an aromatic ring is 1. The minimum Gasteiger partial charge on any atom is -0.398 e. The van der Waals surface area contributed by atoms with Gasteiger partial charge in [0.05, 0.1) is 4.70 Å². The molecule has 0 saturated carbocycles. The SMILES string of the molecule is Nc1ccc2c(F)csc2c1S. The molecule has 0 saturated heterocycles. The maximum atomic E-state index is 13.0. The maximum Gasteiger partial charge on any atom is 0.141 e. The summed E-state index contributed by atoms with van der Waals surface area (Å²) in [6.07, 6.45) is 0. The van der Waals surface area contributed by atoms with Gasteiger partial charge < -0.3 is 5.73 Å². The average molecular weight is 199 g/mol. The first-order chi connectivity index (χ1) is 5.70. The molecule has 2 N–H and O–H groups in total. The Kier molecular flexibility index (Phi) is 1.73. The minimum absolute atomic E-state index is 0.203. The van der Waals surface area contributed by atoms with Crippen LogP contribution < -0.4 is 5.73 Å². The number of fused-ring (bicyclic) bond motifs is 1. The number of halogens is 1. The second-order valence-electron chi connectivity index (χ2n) is 2.46. The number of thiophene rings is 1. The topological polar surface area (TPSA) is 26.0 Å². The van der Waals surface area contributed by atoms with Gasteiger partial charge in [0.2, 0.25) is 0 Å². The Morgan fingerprint density at radius 1 is 1.42 bits per heavy atom. The molecule has 1 aromatic carbocycles. The van der Waals surface area contributed by atoms with E-state index in [2.05, 4.69) is 12.6 Å². The van der Waals surface area contributed by atoms with Crippen LogP contribution >= 0.6 is 24.0 Å². The number of rotatable bonds is 0. The summed E-state index contributed by atoms with van der Waals surface area (Å²) in [5.41, 5.74) is 6.19. The molecule has 1 aromatic heterocycles. The van der Waals surface area contributed by atoms with E-state index in [1.165, 1.54) is 16.7 Å². The Labute approximate surface area is 78.4 Å². The average Bonchev–Trinajstić information content (AvgIpc) is 2.41. The van der Waals surface area contributed by atoms with Crippen LogP contribution in [-0.2, 0) is 0 Å². The Bertz CT molecular complexity index is 436. The predicted octanol–water partition coefficient (Wildman–Crippen LogP) is 2.91. The molecule has 0 aliphatic rings. The first kappa shape index (κ1) is 7.89. The standard InChI is InChI=1S/C8H6FNS2/c9-5-3-12-8-4(5)1-2-6(10)7(8)11/h1-3,11H,10H2. The van der Waals surface area contributed by atoms with Crippen LogP contribution in [0.15, 0.2) is 22.4 Å². The van der Waals surface area contributed by atoms with Gasteiger partial charge in [-0.3, -0.25) is 0 Å². The van der Waals surface area contributed by atoms with Crippen molar-refractivity contribution in [3.05, 3.63) is 23.3 Å². The molecule has 0 aliphatic heterocycles. The van der Waals surface area contributed by atoms with Gasteiger partial charge in [0.25, 0.3) is 0 Å². The molecular weight excluding hydrogens is 193 g/mol. The summed E-state index contributed by atoms with van der Waals surface area (Å²) in [7, 11) is 0. The van der Waals surface area contributed by atoms with Crippen molar-refractivity contribution in [3.63, 3.8) is 0 Å². The molecule has 0 fully saturated rings. The zero-order valence-electron chi connectivity index (χ0n) is 6.04. The number of hydrogen-bond acceptors (Lipinski definition) is 3. The number of thiol groups is 1. The first-order valence-corrected chi connectivity index (χ1v) is 4.67. The monoisotopic (exact) mass is 199 g/mol. The van der Waals surface area contributed by atoms with Crippen LogP contribution in [0.1, 0.15) is 0 Å². The lowest BCUT2D eigenvalue weighted by atomic mass is 10.2. The summed E-state index contributed by atoms with van der Waals surface area (Å²) in [6.45, 7) is 0. The third kappa shape index (κ3) is 0.990. The molecule has 0 aliphatic carbocycles.